The highest BCUT2D eigenvalue weighted by Gasteiger charge is 2.27. The van der Waals surface area contributed by atoms with Crippen LogP contribution in [-0.4, -0.2) is 39.6 Å². The Hall–Kier alpha value is -2.11. The number of fused-ring (bicyclic) bond motifs is 1. The Morgan fingerprint density at radius 3 is 2.77 bits per heavy atom. The number of carbonyl (C=O) groups excluding carboxylic acids is 1. The molecule has 0 atom stereocenters. The molecule has 0 spiro atoms. The lowest BCUT2D eigenvalue weighted by atomic mass is 9.95. The summed E-state index contributed by atoms with van der Waals surface area (Å²) in [4.78, 5) is 29.7. The Morgan fingerprint density at radius 2 is 2.05 bits per heavy atom. The third-order valence-corrected chi connectivity index (χ3v) is 4.56. The van der Waals surface area contributed by atoms with Crippen LogP contribution in [0.4, 0.5) is 4.79 Å². The maximum atomic E-state index is 12.4. The van der Waals surface area contributed by atoms with E-state index in [4.69, 9.17) is 0 Å². The van der Waals surface area contributed by atoms with Gasteiger partial charge in [-0.2, -0.15) is 0 Å². The highest BCUT2D eigenvalue weighted by molar-refractivity contribution is 5.89. The molecular formula is C16H21N3O3. The second kappa shape index (κ2) is 6.34. The van der Waals surface area contributed by atoms with E-state index in [0.717, 1.165) is 18.5 Å². The summed E-state index contributed by atoms with van der Waals surface area (Å²) in [6.45, 7) is 0.908. The largest absolute Gasteiger partial charge is 0.478 e. The SMILES string of the molecule is O=C(O)c1ccnc2c1CN(C(=O)NC1CCCCC1)CC2. The van der Waals surface area contributed by atoms with Gasteiger partial charge in [-0.15, -0.1) is 0 Å². The molecule has 6 nitrogen and oxygen atoms in total. The van der Waals surface area contributed by atoms with E-state index >= 15 is 0 Å². The number of pyridine rings is 1. The molecule has 118 valence electrons. The van der Waals surface area contributed by atoms with E-state index in [9.17, 15) is 14.7 Å². The summed E-state index contributed by atoms with van der Waals surface area (Å²) >= 11 is 0. The van der Waals surface area contributed by atoms with Crippen molar-refractivity contribution < 1.29 is 14.7 Å². The quantitative estimate of drug-likeness (QED) is 0.877. The Labute approximate surface area is 129 Å². The van der Waals surface area contributed by atoms with Gasteiger partial charge in [-0.05, 0) is 18.9 Å². The number of carboxylic acids is 1. The third kappa shape index (κ3) is 3.05. The van der Waals surface area contributed by atoms with Crippen molar-refractivity contribution in [3.63, 3.8) is 0 Å². The molecule has 2 N–H and O–H groups in total. The zero-order chi connectivity index (χ0) is 15.5. The summed E-state index contributed by atoms with van der Waals surface area (Å²) in [5.74, 6) is -0.965. The van der Waals surface area contributed by atoms with E-state index in [1.807, 2.05) is 0 Å². The molecule has 3 rings (SSSR count). The fourth-order valence-corrected chi connectivity index (χ4v) is 3.32. The van der Waals surface area contributed by atoms with Crippen molar-refractivity contribution >= 4 is 12.0 Å². The van der Waals surface area contributed by atoms with Crippen molar-refractivity contribution in [3.8, 4) is 0 Å². The number of aromatic carboxylic acids is 1. The fourth-order valence-electron chi connectivity index (χ4n) is 3.32. The van der Waals surface area contributed by atoms with Gasteiger partial charge in [0.15, 0.2) is 0 Å². The van der Waals surface area contributed by atoms with Crippen LogP contribution in [0.2, 0.25) is 0 Å². The summed E-state index contributed by atoms with van der Waals surface area (Å²) in [7, 11) is 0. The van der Waals surface area contributed by atoms with Gasteiger partial charge < -0.3 is 15.3 Å². The average Bonchev–Trinajstić information content (AvgIpc) is 2.54. The Kier molecular flexibility index (Phi) is 4.27. The Bertz CT molecular complexity index is 582. The van der Waals surface area contributed by atoms with E-state index < -0.39 is 5.97 Å². The van der Waals surface area contributed by atoms with E-state index in [1.54, 1.807) is 4.90 Å². The molecule has 1 aliphatic carbocycles. The van der Waals surface area contributed by atoms with Crippen molar-refractivity contribution in [2.45, 2.75) is 51.1 Å². The number of carboxylic acid groups (broad SMARTS) is 1. The van der Waals surface area contributed by atoms with Crippen LogP contribution in [0.15, 0.2) is 12.3 Å². The topological polar surface area (TPSA) is 82.5 Å². The average molecular weight is 303 g/mol. The molecule has 1 aliphatic heterocycles. The second-order valence-corrected chi connectivity index (χ2v) is 6.04. The van der Waals surface area contributed by atoms with E-state index in [0.29, 0.717) is 25.1 Å². The zero-order valence-electron chi connectivity index (χ0n) is 12.5. The van der Waals surface area contributed by atoms with Gasteiger partial charge in [0.2, 0.25) is 0 Å². The minimum atomic E-state index is -0.965. The minimum absolute atomic E-state index is 0.0854. The van der Waals surface area contributed by atoms with Gasteiger partial charge in [0.25, 0.3) is 0 Å². The predicted molar refractivity (Wildman–Crippen MR) is 80.7 cm³/mol. The number of rotatable bonds is 2. The lowest BCUT2D eigenvalue weighted by Crippen LogP contribution is -2.47. The molecule has 22 heavy (non-hydrogen) atoms. The smallest absolute Gasteiger partial charge is 0.336 e. The van der Waals surface area contributed by atoms with Crippen LogP contribution in [0.1, 0.15) is 53.7 Å². The lowest BCUT2D eigenvalue weighted by molar-refractivity contribution is 0.0693. The first kappa shape index (κ1) is 14.8. The molecule has 2 aliphatic rings. The normalized spacial score (nSPS) is 18.6. The first-order chi connectivity index (χ1) is 10.6. The third-order valence-electron chi connectivity index (χ3n) is 4.56. The van der Waals surface area contributed by atoms with Crippen LogP contribution in [0.25, 0.3) is 0 Å². The molecule has 0 bridgehead atoms. The molecule has 0 aromatic carbocycles. The second-order valence-electron chi connectivity index (χ2n) is 6.04. The van der Waals surface area contributed by atoms with Gasteiger partial charge in [-0.3, -0.25) is 4.98 Å². The van der Waals surface area contributed by atoms with Gasteiger partial charge >= 0.3 is 12.0 Å². The number of nitrogens with zero attached hydrogens (tertiary/aromatic N) is 2. The van der Waals surface area contributed by atoms with Gasteiger partial charge in [0.1, 0.15) is 0 Å². The van der Waals surface area contributed by atoms with Crippen LogP contribution < -0.4 is 5.32 Å². The number of hydrogen-bond acceptors (Lipinski definition) is 3. The minimum Gasteiger partial charge on any atom is -0.478 e. The van der Waals surface area contributed by atoms with Crippen LogP contribution in [-0.2, 0) is 13.0 Å². The molecule has 0 unspecified atom stereocenters. The van der Waals surface area contributed by atoms with Crippen molar-refractivity contribution in [3.05, 3.63) is 29.1 Å². The highest BCUT2D eigenvalue weighted by atomic mass is 16.4. The first-order valence-corrected chi connectivity index (χ1v) is 7.90. The summed E-state index contributed by atoms with van der Waals surface area (Å²) in [6, 6.07) is 1.68. The highest BCUT2D eigenvalue weighted by Crippen LogP contribution is 2.22. The van der Waals surface area contributed by atoms with Crippen molar-refractivity contribution in [1.29, 1.82) is 0 Å². The van der Waals surface area contributed by atoms with Gasteiger partial charge in [0.05, 0.1) is 12.1 Å². The van der Waals surface area contributed by atoms with Crippen molar-refractivity contribution in [2.75, 3.05) is 6.54 Å². The first-order valence-electron chi connectivity index (χ1n) is 7.90. The summed E-state index contributed by atoms with van der Waals surface area (Å²) in [5.41, 5.74) is 1.71. The summed E-state index contributed by atoms with van der Waals surface area (Å²) in [5, 5.41) is 12.4. The standard InChI is InChI=1S/C16H21N3O3/c20-15(21)12-6-8-17-14-7-9-19(10-13(12)14)16(22)18-11-4-2-1-3-5-11/h6,8,11H,1-5,7,9-10H2,(H,18,22)(H,20,21). The molecular weight excluding hydrogens is 282 g/mol. The summed E-state index contributed by atoms with van der Waals surface area (Å²) in [6.07, 6.45) is 7.80. The molecule has 6 heteroatoms. The zero-order valence-corrected chi connectivity index (χ0v) is 12.5. The van der Waals surface area contributed by atoms with E-state index in [-0.39, 0.29) is 17.6 Å². The molecule has 1 aromatic heterocycles. The molecule has 1 aromatic rings. The van der Waals surface area contributed by atoms with Crippen molar-refractivity contribution in [2.24, 2.45) is 0 Å². The van der Waals surface area contributed by atoms with Crippen LogP contribution >= 0.6 is 0 Å². The number of urea groups is 1. The molecule has 1 saturated carbocycles. The molecule has 2 heterocycles. The molecule has 0 saturated heterocycles. The number of nitrogens with one attached hydrogen (secondary N) is 1. The fraction of sp³-hybridized carbons (Fsp3) is 0.562. The monoisotopic (exact) mass is 303 g/mol. The molecule has 0 radical (unpaired) electrons. The molecule has 1 fully saturated rings. The summed E-state index contributed by atoms with van der Waals surface area (Å²) < 4.78 is 0. The van der Waals surface area contributed by atoms with Gasteiger partial charge in [0, 0.05) is 36.5 Å². The molecule has 2 amide bonds. The van der Waals surface area contributed by atoms with Crippen LogP contribution in [0, 0.1) is 0 Å². The van der Waals surface area contributed by atoms with Crippen LogP contribution in [0.5, 0.6) is 0 Å². The Morgan fingerprint density at radius 1 is 1.27 bits per heavy atom. The number of hydrogen-bond donors (Lipinski definition) is 2. The maximum absolute atomic E-state index is 12.4. The Balaban J connectivity index is 1.70. The maximum Gasteiger partial charge on any atom is 0.336 e. The van der Waals surface area contributed by atoms with E-state index in [1.165, 1.54) is 31.5 Å². The van der Waals surface area contributed by atoms with Crippen LogP contribution in [0.3, 0.4) is 0 Å². The van der Waals surface area contributed by atoms with E-state index in [2.05, 4.69) is 10.3 Å². The van der Waals surface area contributed by atoms with Gasteiger partial charge in [-0.1, -0.05) is 19.3 Å². The lowest BCUT2D eigenvalue weighted by Gasteiger charge is -2.31. The van der Waals surface area contributed by atoms with Gasteiger partial charge in [-0.25, -0.2) is 9.59 Å². The number of amides is 2. The number of aromatic nitrogens is 1. The van der Waals surface area contributed by atoms with Crippen molar-refractivity contribution in [1.82, 2.24) is 15.2 Å². The predicted octanol–water partition coefficient (Wildman–Crippen LogP) is 2.18. The number of carbonyl (C=O) groups is 2.